The highest BCUT2D eigenvalue weighted by molar-refractivity contribution is 6.18. The zero-order valence-electron chi connectivity index (χ0n) is 40.3. The quantitative estimate of drug-likeness (QED) is 0.0256. The summed E-state index contributed by atoms with van der Waals surface area (Å²) >= 11 is 6.31. The maximum absolute atomic E-state index is 13.0. The summed E-state index contributed by atoms with van der Waals surface area (Å²) in [6, 6.07) is 30.5. The van der Waals surface area contributed by atoms with Crippen molar-refractivity contribution >= 4 is 52.1 Å². The Kier molecular flexibility index (Phi) is 21.1. The lowest BCUT2D eigenvalue weighted by Gasteiger charge is -2.34. The van der Waals surface area contributed by atoms with Crippen LogP contribution < -0.4 is 15.4 Å². The Balaban J connectivity index is 0.662. The van der Waals surface area contributed by atoms with Crippen LogP contribution in [0.2, 0.25) is 0 Å². The molecular formula is C54H66ClN5O11. The van der Waals surface area contributed by atoms with Gasteiger partial charge in [-0.25, -0.2) is 0 Å². The van der Waals surface area contributed by atoms with Crippen molar-refractivity contribution < 1.29 is 52.7 Å². The first-order valence-corrected chi connectivity index (χ1v) is 25.1. The number of hydrogen-bond donors (Lipinski definition) is 3. The van der Waals surface area contributed by atoms with Crippen LogP contribution in [0.1, 0.15) is 58.3 Å². The van der Waals surface area contributed by atoms with Gasteiger partial charge in [-0.3, -0.25) is 29.4 Å². The van der Waals surface area contributed by atoms with Gasteiger partial charge in [0.2, 0.25) is 17.7 Å². The SMILES string of the molecule is O=C1CCC(N2Cc3c(NCCOCCOCCOCCOCCOCCC(=O)N4CCN(CCOc5ccc(C(=C(CCCl)c6ccccc6)c6ccc(O)cc6)cc5)CC4)cccc3C2=O)C(=O)N1. The average molecular weight is 997 g/mol. The lowest BCUT2D eigenvalue weighted by molar-refractivity contribution is -0.137. The molecule has 380 valence electrons. The number of fused-ring (bicyclic) bond motifs is 1. The van der Waals surface area contributed by atoms with Crippen LogP contribution >= 0.6 is 11.6 Å². The molecule has 16 nitrogen and oxygen atoms in total. The van der Waals surface area contributed by atoms with Crippen LogP contribution in [-0.2, 0) is 44.6 Å². The highest BCUT2D eigenvalue weighted by Crippen LogP contribution is 2.36. The van der Waals surface area contributed by atoms with E-state index in [-0.39, 0.29) is 29.9 Å². The number of piperidine rings is 1. The average Bonchev–Trinajstić information content (AvgIpc) is 3.73. The minimum absolute atomic E-state index is 0.0941. The monoisotopic (exact) mass is 995 g/mol. The molecule has 2 saturated heterocycles. The van der Waals surface area contributed by atoms with E-state index in [9.17, 15) is 24.3 Å². The van der Waals surface area contributed by atoms with E-state index < -0.39 is 11.9 Å². The number of imide groups is 1. The molecule has 7 rings (SSSR count). The minimum atomic E-state index is -0.649. The van der Waals surface area contributed by atoms with Crippen LogP contribution in [0.15, 0.2) is 97.1 Å². The summed E-state index contributed by atoms with van der Waals surface area (Å²) in [5, 5.41) is 15.6. The van der Waals surface area contributed by atoms with Crippen LogP contribution in [0, 0.1) is 0 Å². The standard InChI is InChI=1S/C54H66ClN5O11/c55-21-19-45(40-5-2-1-3-6-40)52(41-9-13-43(61)14-10-41)42-11-15-44(16-12-42)71-30-27-58-23-25-59(26-24-58)51(63)20-28-66-31-33-68-35-37-70-38-36-69-34-32-67-29-22-56-48-8-4-7-46-47(48)39-60(54(46)65)49-17-18-50(62)57-53(49)64/h1-16,49,56,61H,17-39H2,(H,57,62,64). The second-order valence-electron chi connectivity index (χ2n) is 17.3. The van der Waals surface area contributed by atoms with Gasteiger partial charge in [-0.1, -0.05) is 60.7 Å². The number of rotatable bonds is 29. The molecule has 4 aromatic rings. The van der Waals surface area contributed by atoms with Crippen molar-refractivity contribution in [2.24, 2.45) is 0 Å². The Morgan fingerprint density at radius 1 is 0.676 bits per heavy atom. The van der Waals surface area contributed by atoms with E-state index in [1.54, 1.807) is 23.1 Å². The topological polar surface area (TPSA) is 178 Å². The Morgan fingerprint density at radius 2 is 1.30 bits per heavy atom. The van der Waals surface area contributed by atoms with Crippen molar-refractivity contribution in [2.75, 3.05) is 123 Å². The third-order valence-electron chi connectivity index (χ3n) is 12.6. The molecule has 17 heteroatoms. The van der Waals surface area contributed by atoms with Gasteiger partial charge in [0.15, 0.2) is 0 Å². The third-order valence-corrected chi connectivity index (χ3v) is 12.7. The summed E-state index contributed by atoms with van der Waals surface area (Å²) in [6.07, 6.45) is 1.56. The lowest BCUT2D eigenvalue weighted by atomic mass is 9.88. The molecule has 0 spiro atoms. The molecule has 3 heterocycles. The summed E-state index contributed by atoms with van der Waals surface area (Å²) in [6.45, 7) is 9.25. The number of ether oxygens (including phenoxy) is 6. The molecule has 0 aliphatic carbocycles. The first kappa shape index (κ1) is 53.0. The Morgan fingerprint density at radius 3 is 1.93 bits per heavy atom. The second kappa shape index (κ2) is 28.3. The number of anilines is 1. The minimum Gasteiger partial charge on any atom is -0.508 e. The van der Waals surface area contributed by atoms with Gasteiger partial charge in [0.25, 0.3) is 5.91 Å². The molecule has 1 atom stereocenters. The largest absolute Gasteiger partial charge is 0.508 e. The fraction of sp³-hybridized carbons (Fsp3) is 0.444. The molecule has 0 bridgehead atoms. The molecule has 71 heavy (non-hydrogen) atoms. The van der Waals surface area contributed by atoms with Crippen molar-refractivity contribution in [3.05, 3.63) is 125 Å². The van der Waals surface area contributed by atoms with E-state index in [4.69, 9.17) is 40.0 Å². The molecule has 1 unspecified atom stereocenters. The zero-order chi connectivity index (χ0) is 49.6. The number of nitrogens with zero attached hydrogens (tertiary/aromatic N) is 3. The summed E-state index contributed by atoms with van der Waals surface area (Å²) in [5.41, 5.74) is 7.56. The molecule has 2 fully saturated rings. The predicted molar refractivity (Wildman–Crippen MR) is 270 cm³/mol. The first-order valence-electron chi connectivity index (χ1n) is 24.6. The number of nitrogens with one attached hydrogen (secondary N) is 2. The van der Waals surface area contributed by atoms with E-state index in [1.807, 2.05) is 59.5 Å². The zero-order valence-corrected chi connectivity index (χ0v) is 41.1. The second-order valence-corrected chi connectivity index (χ2v) is 17.6. The van der Waals surface area contributed by atoms with Gasteiger partial charge in [-0.2, -0.15) is 0 Å². The van der Waals surface area contributed by atoms with Crippen molar-refractivity contribution in [3.63, 3.8) is 0 Å². The Bertz CT molecular complexity index is 2360. The van der Waals surface area contributed by atoms with Crippen molar-refractivity contribution in [1.82, 2.24) is 20.0 Å². The number of carbonyl (C=O) groups is 4. The summed E-state index contributed by atoms with van der Waals surface area (Å²) in [4.78, 5) is 55.6. The predicted octanol–water partition coefficient (Wildman–Crippen LogP) is 5.85. The van der Waals surface area contributed by atoms with E-state index in [2.05, 4.69) is 39.8 Å². The van der Waals surface area contributed by atoms with E-state index in [0.29, 0.717) is 130 Å². The maximum atomic E-state index is 13.0. The normalized spacial score (nSPS) is 16.5. The molecule has 0 saturated carbocycles. The number of amides is 4. The van der Waals surface area contributed by atoms with Crippen molar-refractivity contribution in [1.29, 1.82) is 0 Å². The summed E-state index contributed by atoms with van der Waals surface area (Å²) < 4.78 is 34.3. The molecule has 0 aromatic heterocycles. The number of hydrogen-bond acceptors (Lipinski definition) is 13. The number of aromatic hydroxyl groups is 1. The number of benzene rings is 4. The van der Waals surface area contributed by atoms with Gasteiger partial charge in [0, 0.05) is 74.9 Å². The highest BCUT2D eigenvalue weighted by atomic mass is 35.5. The van der Waals surface area contributed by atoms with Gasteiger partial charge in [-0.05, 0) is 77.1 Å². The van der Waals surface area contributed by atoms with Gasteiger partial charge in [0.1, 0.15) is 24.1 Å². The summed E-state index contributed by atoms with van der Waals surface area (Å²) in [5.74, 6) is 0.639. The number of halogens is 1. The molecule has 4 aromatic carbocycles. The number of alkyl halides is 1. The molecule has 0 radical (unpaired) electrons. The number of carbonyl (C=O) groups excluding carboxylic acids is 4. The van der Waals surface area contributed by atoms with Crippen molar-refractivity contribution in [2.45, 2.75) is 38.3 Å². The molecule has 3 aliphatic heterocycles. The third kappa shape index (κ3) is 15.8. The summed E-state index contributed by atoms with van der Waals surface area (Å²) in [7, 11) is 0. The van der Waals surface area contributed by atoms with Crippen LogP contribution in [0.4, 0.5) is 5.69 Å². The Labute approximate surface area is 421 Å². The van der Waals surface area contributed by atoms with Crippen LogP contribution in [0.3, 0.4) is 0 Å². The van der Waals surface area contributed by atoms with Gasteiger partial charge in [-0.15, -0.1) is 11.6 Å². The fourth-order valence-corrected chi connectivity index (χ4v) is 9.02. The molecule has 4 amide bonds. The van der Waals surface area contributed by atoms with Crippen LogP contribution in [0.5, 0.6) is 11.5 Å². The lowest BCUT2D eigenvalue weighted by Crippen LogP contribution is -2.52. The smallest absolute Gasteiger partial charge is 0.255 e. The number of allylic oxidation sites excluding steroid dienone is 1. The van der Waals surface area contributed by atoms with E-state index in [1.165, 1.54) is 0 Å². The molecule has 3 N–H and O–H groups in total. The Hall–Kier alpha value is -5.85. The number of phenolic OH excluding ortho intramolecular Hbond substituents is 1. The molecular weight excluding hydrogens is 930 g/mol. The van der Waals surface area contributed by atoms with E-state index in [0.717, 1.165) is 64.5 Å². The van der Waals surface area contributed by atoms with Gasteiger partial charge >= 0.3 is 0 Å². The van der Waals surface area contributed by atoms with Gasteiger partial charge < -0.3 is 48.6 Å². The van der Waals surface area contributed by atoms with E-state index >= 15 is 0 Å². The maximum Gasteiger partial charge on any atom is 0.255 e. The van der Waals surface area contributed by atoms with Gasteiger partial charge in [0.05, 0.1) is 72.5 Å². The number of phenols is 1. The number of piperazine rings is 1. The highest BCUT2D eigenvalue weighted by Gasteiger charge is 2.40. The first-order chi connectivity index (χ1) is 34.8. The van der Waals surface area contributed by atoms with Crippen LogP contribution in [0.25, 0.3) is 11.1 Å². The van der Waals surface area contributed by atoms with Crippen molar-refractivity contribution in [3.8, 4) is 11.5 Å². The fourth-order valence-electron chi connectivity index (χ4n) is 8.83. The molecule has 3 aliphatic rings. The van der Waals surface area contributed by atoms with Crippen LogP contribution in [-0.4, -0.2) is 167 Å².